The van der Waals surface area contributed by atoms with E-state index in [1.807, 2.05) is 6.20 Å². The highest BCUT2D eigenvalue weighted by Crippen LogP contribution is 2.54. The maximum absolute atomic E-state index is 9.66. The Bertz CT molecular complexity index is 517. The molecule has 3 aliphatic heterocycles. The Morgan fingerprint density at radius 1 is 1.48 bits per heavy atom. The minimum Gasteiger partial charge on any atom is -0.396 e. The number of rotatable bonds is 5. The van der Waals surface area contributed by atoms with Crippen LogP contribution in [0.25, 0.3) is 0 Å². The fraction of sp³-hybridized carbons (Fsp3) is 0.812. The molecule has 0 amide bonds. The molecule has 116 valence electrons. The molecule has 3 saturated heterocycles. The molecular formula is C16H25N3O2. The van der Waals surface area contributed by atoms with Crippen LogP contribution in [0.1, 0.15) is 25.6 Å². The van der Waals surface area contributed by atoms with E-state index in [-0.39, 0.29) is 12.2 Å². The Morgan fingerprint density at radius 3 is 3.19 bits per heavy atom. The third-order valence-electron chi connectivity index (χ3n) is 5.84. The summed E-state index contributed by atoms with van der Waals surface area (Å²) >= 11 is 0. The standard InChI is InChI=1S/C16H25N3O2/c1-2-15-17-5-6-19(15)8-7-18-9-13-12(10-20)14-3-4-16(13,11-18)21-14/h5-6,12-14,20H,2-4,7-11H2,1H3/t12-,13+,14+,16+/m1/s1. The SMILES string of the molecule is CCc1nccn1CCN1C[C@H]2[C@@H](CO)[C@@H]3CC[C@@]2(C1)O3. The third-order valence-corrected chi connectivity index (χ3v) is 5.84. The van der Waals surface area contributed by atoms with Crippen molar-refractivity contribution in [3.05, 3.63) is 18.2 Å². The van der Waals surface area contributed by atoms with Crippen molar-refractivity contribution in [1.29, 1.82) is 0 Å². The van der Waals surface area contributed by atoms with Gasteiger partial charge in [0.2, 0.25) is 0 Å². The molecule has 1 aromatic rings. The molecule has 0 saturated carbocycles. The topological polar surface area (TPSA) is 50.5 Å². The van der Waals surface area contributed by atoms with E-state index in [0.29, 0.717) is 17.9 Å². The molecule has 3 fully saturated rings. The zero-order chi connectivity index (χ0) is 14.4. The summed E-state index contributed by atoms with van der Waals surface area (Å²) in [6.45, 7) is 6.61. The molecule has 5 heteroatoms. The predicted octanol–water partition coefficient (Wildman–Crippen LogP) is 0.917. The van der Waals surface area contributed by atoms with Gasteiger partial charge in [0, 0.05) is 63.4 Å². The summed E-state index contributed by atoms with van der Waals surface area (Å²) < 4.78 is 8.54. The van der Waals surface area contributed by atoms with Gasteiger partial charge in [-0.2, -0.15) is 0 Å². The van der Waals surface area contributed by atoms with Gasteiger partial charge >= 0.3 is 0 Å². The molecular weight excluding hydrogens is 266 g/mol. The molecule has 0 radical (unpaired) electrons. The van der Waals surface area contributed by atoms with Gasteiger partial charge in [0.25, 0.3) is 0 Å². The van der Waals surface area contributed by atoms with Crippen molar-refractivity contribution in [2.24, 2.45) is 11.8 Å². The highest BCUT2D eigenvalue weighted by Gasteiger charge is 2.62. The van der Waals surface area contributed by atoms with Gasteiger partial charge in [-0.15, -0.1) is 0 Å². The highest BCUT2D eigenvalue weighted by atomic mass is 16.5. The van der Waals surface area contributed by atoms with Crippen molar-refractivity contribution in [2.75, 3.05) is 26.2 Å². The number of aryl methyl sites for hydroxylation is 1. The number of aromatic nitrogens is 2. The van der Waals surface area contributed by atoms with E-state index in [1.165, 1.54) is 6.42 Å². The molecule has 4 rings (SSSR count). The maximum atomic E-state index is 9.66. The Balaban J connectivity index is 1.41. The van der Waals surface area contributed by atoms with Crippen LogP contribution in [0.3, 0.4) is 0 Å². The zero-order valence-electron chi connectivity index (χ0n) is 12.7. The largest absolute Gasteiger partial charge is 0.396 e. The fourth-order valence-corrected chi connectivity index (χ4v) is 4.81. The predicted molar refractivity (Wildman–Crippen MR) is 78.9 cm³/mol. The lowest BCUT2D eigenvalue weighted by Crippen LogP contribution is -2.38. The van der Waals surface area contributed by atoms with Gasteiger partial charge in [0.1, 0.15) is 5.82 Å². The van der Waals surface area contributed by atoms with E-state index in [4.69, 9.17) is 4.74 Å². The lowest BCUT2D eigenvalue weighted by Gasteiger charge is -2.28. The Morgan fingerprint density at radius 2 is 2.38 bits per heavy atom. The molecule has 4 heterocycles. The first kappa shape index (κ1) is 13.7. The van der Waals surface area contributed by atoms with Crippen molar-refractivity contribution < 1.29 is 9.84 Å². The zero-order valence-corrected chi connectivity index (χ0v) is 12.7. The first-order chi connectivity index (χ1) is 10.3. The summed E-state index contributed by atoms with van der Waals surface area (Å²) in [7, 11) is 0. The first-order valence-corrected chi connectivity index (χ1v) is 8.27. The number of ether oxygens (including phenoxy) is 1. The first-order valence-electron chi connectivity index (χ1n) is 8.27. The van der Waals surface area contributed by atoms with Crippen molar-refractivity contribution in [2.45, 2.75) is 44.4 Å². The molecule has 0 aromatic carbocycles. The lowest BCUT2D eigenvalue weighted by atomic mass is 9.74. The molecule has 0 aliphatic carbocycles. The van der Waals surface area contributed by atoms with Crippen molar-refractivity contribution in [1.82, 2.24) is 14.5 Å². The number of imidazole rings is 1. The molecule has 1 spiro atoms. The minimum atomic E-state index is 0.0561. The van der Waals surface area contributed by atoms with Crippen LogP contribution in [0.2, 0.25) is 0 Å². The number of aliphatic hydroxyl groups excluding tert-OH is 1. The molecule has 5 nitrogen and oxygen atoms in total. The van der Waals surface area contributed by atoms with Crippen LogP contribution in [-0.4, -0.2) is 57.5 Å². The lowest BCUT2D eigenvalue weighted by molar-refractivity contribution is 0.000804. The number of aliphatic hydroxyl groups is 1. The molecule has 1 aromatic heterocycles. The van der Waals surface area contributed by atoms with E-state index in [9.17, 15) is 5.11 Å². The van der Waals surface area contributed by atoms with Gasteiger partial charge in [-0.25, -0.2) is 4.98 Å². The van der Waals surface area contributed by atoms with Crippen molar-refractivity contribution >= 4 is 0 Å². The molecule has 1 N–H and O–H groups in total. The molecule has 2 bridgehead atoms. The summed E-state index contributed by atoms with van der Waals surface area (Å²) in [6.07, 6.45) is 7.59. The van der Waals surface area contributed by atoms with Crippen LogP contribution in [0.15, 0.2) is 12.4 Å². The number of nitrogens with zero attached hydrogens (tertiary/aromatic N) is 3. The molecule has 3 aliphatic rings. The Hall–Kier alpha value is -0.910. The second-order valence-electron chi connectivity index (χ2n) is 6.84. The molecule has 21 heavy (non-hydrogen) atoms. The van der Waals surface area contributed by atoms with E-state index in [0.717, 1.165) is 44.8 Å². The van der Waals surface area contributed by atoms with Crippen LogP contribution in [-0.2, 0) is 17.7 Å². The van der Waals surface area contributed by atoms with E-state index < -0.39 is 0 Å². The van der Waals surface area contributed by atoms with Crippen molar-refractivity contribution in [3.63, 3.8) is 0 Å². The smallest absolute Gasteiger partial charge is 0.108 e. The van der Waals surface area contributed by atoms with Crippen LogP contribution in [0.5, 0.6) is 0 Å². The van der Waals surface area contributed by atoms with Gasteiger partial charge in [-0.05, 0) is 12.8 Å². The summed E-state index contributed by atoms with van der Waals surface area (Å²) in [5.74, 6) is 2.07. The Kier molecular flexibility index (Phi) is 3.32. The van der Waals surface area contributed by atoms with Gasteiger partial charge in [0.15, 0.2) is 0 Å². The summed E-state index contributed by atoms with van der Waals surface area (Å²) in [4.78, 5) is 6.91. The van der Waals surface area contributed by atoms with Gasteiger partial charge < -0.3 is 14.4 Å². The number of fused-ring (bicyclic) bond motifs is 1. The van der Waals surface area contributed by atoms with Crippen molar-refractivity contribution in [3.8, 4) is 0 Å². The maximum Gasteiger partial charge on any atom is 0.108 e. The average molecular weight is 291 g/mol. The second-order valence-corrected chi connectivity index (χ2v) is 6.84. The summed E-state index contributed by atoms with van der Waals surface area (Å²) in [5.41, 5.74) is 0.0561. The van der Waals surface area contributed by atoms with E-state index >= 15 is 0 Å². The Labute approximate surface area is 125 Å². The summed E-state index contributed by atoms with van der Waals surface area (Å²) in [6, 6.07) is 0. The summed E-state index contributed by atoms with van der Waals surface area (Å²) in [5, 5.41) is 9.66. The number of hydrogen-bond donors (Lipinski definition) is 1. The number of likely N-dealkylation sites (tertiary alicyclic amines) is 1. The van der Waals surface area contributed by atoms with Crippen LogP contribution in [0.4, 0.5) is 0 Å². The molecule has 0 unspecified atom stereocenters. The van der Waals surface area contributed by atoms with Crippen LogP contribution < -0.4 is 0 Å². The van der Waals surface area contributed by atoms with E-state index in [1.54, 1.807) is 0 Å². The highest BCUT2D eigenvalue weighted by molar-refractivity contribution is 5.12. The minimum absolute atomic E-state index is 0.0561. The van der Waals surface area contributed by atoms with Gasteiger partial charge in [0.05, 0.1) is 11.7 Å². The second kappa shape index (κ2) is 5.07. The molecule has 4 atom stereocenters. The van der Waals surface area contributed by atoms with E-state index in [2.05, 4.69) is 27.6 Å². The number of hydrogen-bond acceptors (Lipinski definition) is 4. The monoisotopic (exact) mass is 291 g/mol. The quantitative estimate of drug-likeness (QED) is 0.876. The average Bonchev–Trinajstić information content (AvgIpc) is 3.22. The van der Waals surface area contributed by atoms with Crippen LogP contribution in [0, 0.1) is 11.8 Å². The van der Waals surface area contributed by atoms with Gasteiger partial charge in [-0.1, -0.05) is 6.92 Å². The van der Waals surface area contributed by atoms with Gasteiger partial charge in [-0.3, -0.25) is 4.90 Å². The fourth-order valence-electron chi connectivity index (χ4n) is 4.81. The normalized spacial score (nSPS) is 38.3. The van der Waals surface area contributed by atoms with Crippen LogP contribution >= 0.6 is 0 Å². The third kappa shape index (κ3) is 2.05.